The van der Waals surface area contributed by atoms with Gasteiger partial charge in [-0.25, -0.2) is 4.98 Å². The Kier molecular flexibility index (Phi) is 2.50. The second-order valence-corrected chi connectivity index (χ2v) is 5.96. The molecule has 5 heteroatoms. The lowest BCUT2D eigenvalue weighted by Gasteiger charge is -2.22. The third kappa shape index (κ3) is 1.60. The van der Waals surface area contributed by atoms with Gasteiger partial charge in [0.2, 0.25) is 5.95 Å². The van der Waals surface area contributed by atoms with Gasteiger partial charge in [-0.3, -0.25) is 4.90 Å². The van der Waals surface area contributed by atoms with E-state index >= 15 is 0 Å². The number of nitrogens with two attached hydrogens (primary N) is 1. The molecule has 2 aromatic rings. The van der Waals surface area contributed by atoms with Crippen molar-refractivity contribution in [2.24, 2.45) is 0 Å². The molecule has 2 saturated heterocycles. The number of halogens is 1. The van der Waals surface area contributed by atoms with E-state index in [0.717, 1.165) is 17.5 Å². The number of para-hydroxylation sites is 1. The number of imidazole rings is 1. The summed E-state index contributed by atoms with van der Waals surface area (Å²) in [5, 5.41) is 0.684. The molecule has 4 rings (SSSR count). The van der Waals surface area contributed by atoms with E-state index < -0.39 is 0 Å². The number of hydrogen-bond donors (Lipinski definition) is 1. The first-order chi connectivity index (χ1) is 9.25. The van der Waals surface area contributed by atoms with Gasteiger partial charge in [-0.15, -0.1) is 0 Å². The van der Waals surface area contributed by atoms with E-state index in [1.165, 1.54) is 25.9 Å². The largest absolute Gasteiger partial charge is 0.369 e. The van der Waals surface area contributed by atoms with Crippen LogP contribution < -0.4 is 5.73 Å². The molecule has 2 fully saturated rings. The maximum absolute atomic E-state index is 6.22. The first kappa shape index (κ1) is 11.6. The van der Waals surface area contributed by atoms with Gasteiger partial charge >= 0.3 is 0 Å². The van der Waals surface area contributed by atoms with Crippen LogP contribution in [-0.4, -0.2) is 33.6 Å². The molecular formula is C14H17ClN4. The second kappa shape index (κ2) is 4.12. The Labute approximate surface area is 117 Å². The molecule has 0 bridgehead atoms. The summed E-state index contributed by atoms with van der Waals surface area (Å²) in [6.45, 7) is 2.41. The van der Waals surface area contributed by atoms with Crippen molar-refractivity contribution >= 4 is 28.6 Å². The Hall–Kier alpha value is -1.26. The molecule has 2 N–H and O–H groups in total. The van der Waals surface area contributed by atoms with E-state index in [2.05, 4.69) is 20.5 Å². The van der Waals surface area contributed by atoms with Crippen molar-refractivity contribution in [2.75, 3.05) is 18.8 Å². The van der Waals surface area contributed by atoms with Gasteiger partial charge in [0.25, 0.3) is 0 Å². The highest BCUT2D eigenvalue weighted by Crippen LogP contribution is 2.39. The predicted octanol–water partition coefficient (Wildman–Crippen LogP) is 2.68. The van der Waals surface area contributed by atoms with Crippen molar-refractivity contribution in [2.45, 2.75) is 31.3 Å². The molecule has 1 aromatic carbocycles. The van der Waals surface area contributed by atoms with Crippen LogP contribution in [0.2, 0.25) is 5.02 Å². The second-order valence-electron chi connectivity index (χ2n) is 5.55. The van der Waals surface area contributed by atoms with Crippen LogP contribution in [0.4, 0.5) is 5.95 Å². The van der Waals surface area contributed by atoms with Crippen LogP contribution >= 0.6 is 11.6 Å². The lowest BCUT2D eigenvalue weighted by Crippen LogP contribution is -2.28. The van der Waals surface area contributed by atoms with Crippen LogP contribution in [-0.2, 0) is 0 Å². The first-order valence-electron chi connectivity index (χ1n) is 6.91. The smallest absolute Gasteiger partial charge is 0.201 e. The van der Waals surface area contributed by atoms with E-state index in [9.17, 15) is 0 Å². The SMILES string of the molecule is Nc1nc2c(Cl)cccc2n1C1CCN2CCCC12. The summed E-state index contributed by atoms with van der Waals surface area (Å²) in [7, 11) is 0. The molecule has 0 amide bonds. The van der Waals surface area contributed by atoms with Gasteiger partial charge in [0, 0.05) is 12.6 Å². The van der Waals surface area contributed by atoms with Gasteiger partial charge in [-0.1, -0.05) is 17.7 Å². The maximum Gasteiger partial charge on any atom is 0.201 e. The van der Waals surface area contributed by atoms with Gasteiger partial charge in [-0.2, -0.15) is 0 Å². The Bertz CT molecular complexity index is 636. The monoisotopic (exact) mass is 276 g/mol. The molecule has 0 saturated carbocycles. The van der Waals surface area contributed by atoms with Crippen molar-refractivity contribution in [1.29, 1.82) is 0 Å². The fourth-order valence-corrected chi connectivity index (χ4v) is 4.02. The van der Waals surface area contributed by atoms with E-state index in [-0.39, 0.29) is 0 Å². The number of nitrogen functional groups attached to an aromatic ring is 1. The number of rotatable bonds is 1. The van der Waals surface area contributed by atoms with Crippen molar-refractivity contribution in [1.82, 2.24) is 14.5 Å². The summed E-state index contributed by atoms with van der Waals surface area (Å²) < 4.78 is 2.21. The quantitative estimate of drug-likeness (QED) is 0.871. The molecular weight excluding hydrogens is 260 g/mol. The Balaban J connectivity index is 1.87. The molecule has 3 heterocycles. The van der Waals surface area contributed by atoms with E-state index in [4.69, 9.17) is 17.3 Å². The molecule has 0 aliphatic carbocycles. The Morgan fingerprint density at radius 2 is 2.11 bits per heavy atom. The molecule has 19 heavy (non-hydrogen) atoms. The molecule has 0 spiro atoms. The number of anilines is 1. The minimum atomic E-state index is 0.450. The Morgan fingerprint density at radius 1 is 1.21 bits per heavy atom. The fraction of sp³-hybridized carbons (Fsp3) is 0.500. The molecule has 1 aromatic heterocycles. The van der Waals surface area contributed by atoms with Gasteiger partial charge in [0.05, 0.1) is 16.6 Å². The minimum absolute atomic E-state index is 0.450. The topological polar surface area (TPSA) is 47.1 Å². The summed E-state index contributed by atoms with van der Waals surface area (Å²) >= 11 is 6.22. The van der Waals surface area contributed by atoms with Crippen molar-refractivity contribution in [3.63, 3.8) is 0 Å². The molecule has 2 unspecified atom stereocenters. The first-order valence-corrected chi connectivity index (χ1v) is 7.29. The molecule has 0 radical (unpaired) electrons. The number of nitrogens with zero attached hydrogens (tertiary/aromatic N) is 3. The van der Waals surface area contributed by atoms with Gasteiger partial charge in [0.1, 0.15) is 5.52 Å². The standard InChI is InChI=1S/C14H17ClN4/c15-9-3-1-4-12-13(9)17-14(16)19(12)11-6-8-18-7-2-5-10(11)18/h1,3-4,10-11H,2,5-8H2,(H2,16,17). The molecule has 2 atom stereocenters. The number of hydrogen-bond acceptors (Lipinski definition) is 3. The highest BCUT2D eigenvalue weighted by Gasteiger charge is 2.39. The molecule has 2 aliphatic heterocycles. The highest BCUT2D eigenvalue weighted by atomic mass is 35.5. The van der Waals surface area contributed by atoms with E-state index in [1.54, 1.807) is 0 Å². The van der Waals surface area contributed by atoms with Crippen molar-refractivity contribution in [3.05, 3.63) is 23.2 Å². The average molecular weight is 277 g/mol. The van der Waals surface area contributed by atoms with Crippen LogP contribution in [0.5, 0.6) is 0 Å². The lowest BCUT2D eigenvalue weighted by molar-refractivity contribution is 0.293. The summed E-state index contributed by atoms with van der Waals surface area (Å²) in [5.74, 6) is 0.599. The van der Waals surface area contributed by atoms with Crippen molar-refractivity contribution < 1.29 is 0 Å². The maximum atomic E-state index is 6.22. The zero-order chi connectivity index (χ0) is 13.0. The molecule has 4 nitrogen and oxygen atoms in total. The van der Waals surface area contributed by atoms with Crippen LogP contribution in [0.25, 0.3) is 11.0 Å². The normalized spacial score (nSPS) is 27.2. The lowest BCUT2D eigenvalue weighted by atomic mass is 10.1. The molecule has 100 valence electrons. The van der Waals surface area contributed by atoms with Gasteiger partial charge in [0.15, 0.2) is 0 Å². The van der Waals surface area contributed by atoms with E-state index in [1.807, 2.05) is 12.1 Å². The minimum Gasteiger partial charge on any atom is -0.369 e. The molecule has 2 aliphatic rings. The fourth-order valence-electron chi connectivity index (χ4n) is 3.81. The summed E-state index contributed by atoms with van der Waals surface area (Å²) in [5.41, 5.74) is 8.06. The van der Waals surface area contributed by atoms with E-state index in [0.29, 0.717) is 23.1 Å². The van der Waals surface area contributed by atoms with Crippen LogP contribution in [0, 0.1) is 0 Å². The third-order valence-electron chi connectivity index (χ3n) is 4.60. The predicted molar refractivity (Wildman–Crippen MR) is 77.4 cm³/mol. The number of fused-ring (bicyclic) bond motifs is 2. The van der Waals surface area contributed by atoms with Gasteiger partial charge in [-0.05, 0) is 37.9 Å². The van der Waals surface area contributed by atoms with Gasteiger partial charge < -0.3 is 10.3 Å². The third-order valence-corrected chi connectivity index (χ3v) is 4.91. The Morgan fingerprint density at radius 3 is 3.00 bits per heavy atom. The summed E-state index contributed by atoms with van der Waals surface area (Å²) in [6.07, 6.45) is 3.73. The van der Waals surface area contributed by atoms with Crippen LogP contribution in [0.1, 0.15) is 25.3 Å². The van der Waals surface area contributed by atoms with Crippen LogP contribution in [0.3, 0.4) is 0 Å². The number of aromatic nitrogens is 2. The highest BCUT2D eigenvalue weighted by molar-refractivity contribution is 6.35. The number of benzene rings is 1. The zero-order valence-electron chi connectivity index (χ0n) is 10.7. The van der Waals surface area contributed by atoms with Crippen LogP contribution in [0.15, 0.2) is 18.2 Å². The average Bonchev–Trinajstić information content (AvgIpc) is 3.03. The van der Waals surface area contributed by atoms with Crippen molar-refractivity contribution in [3.8, 4) is 0 Å². The zero-order valence-corrected chi connectivity index (χ0v) is 11.5. The summed E-state index contributed by atoms with van der Waals surface area (Å²) in [6, 6.07) is 6.99. The summed E-state index contributed by atoms with van der Waals surface area (Å²) in [4.78, 5) is 7.05.